The van der Waals surface area contributed by atoms with Gasteiger partial charge in [0, 0.05) is 11.6 Å². The lowest BCUT2D eigenvalue weighted by molar-refractivity contribution is -0.115. The van der Waals surface area contributed by atoms with Crippen molar-refractivity contribution in [3.8, 4) is 5.75 Å². The van der Waals surface area contributed by atoms with E-state index >= 15 is 0 Å². The molecule has 7 heteroatoms. The first-order valence-electron chi connectivity index (χ1n) is 7.62. The van der Waals surface area contributed by atoms with Gasteiger partial charge in [-0.3, -0.25) is 4.79 Å². The van der Waals surface area contributed by atoms with E-state index in [0.717, 1.165) is 10.6 Å². The zero-order valence-corrected chi connectivity index (χ0v) is 14.3. The minimum atomic E-state index is -0.307. The number of benzene rings is 1. The van der Waals surface area contributed by atoms with E-state index in [4.69, 9.17) is 4.74 Å². The number of nitrogens with zero attached hydrogens (tertiary/aromatic N) is 2. The van der Waals surface area contributed by atoms with Gasteiger partial charge in [-0.25, -0.2) is 14.4 Å². The van der Waals surface area contributed by atoms with Gasteiger partial charge in [-0.05, 0) is 48.9 Å². The molecule has 2 aromatic heterocycles. The zero-order valence-electron chi connectivity index (χ0n) is 13.5. The summed E-state index contributed by atoms with van der Waals surface area (Å²) < 4.78 is 18.4. The highest BCUT2D eigenvalue weighted by atomic mass is 32.1. The molecule has 1 amide bonds. The third-order valence-electron chi connectivity index (χ3n) is 3.30. The maximum absolute atomic E-state index is 12.8. The molecule has 0 aliphatic rings. The van der Waals surface area contributed by atoms with Crippen LogP contribution < -0.4 is 10.1 Å². The van der Waals surface area contributed by atoms with E-state index in [2.05, 4.69) is 15.3 Å². The highest BCUT2D eigenvalue weighted by Gasteiger charge is 2.09. The van der Waals surface area contributed by atoms with Gasteiger partial charge in [0.1, 0.15) is 29.0 Å². The van der Waals surface area contributed by atoms with Crippen molar-refractivity contribution in [2.24, 2.45) is 0 Å². The van der Waals surface area contributed by atoms with E-state index in [0.29, 0.717) is 17.3 Å². The van der Waals surface area contributed by atoms with Crippen LogP contribution in [0.15, 0.2) is 48.0 Å². The largest absolute Gasteiger partial charge is 0.486 e. The number of halogens is 1. The molecule has 0 saturated carbocycles. The van der Waals surface area contributed by atoms with Crippen LogP contribution in [0, 0.1) is 12.7 Å². The standard InChI is InChI=1S/C18H16FN3O2S/c1-12-6-7-20-16(8-12)22-17(23)9-14-11-25-18(21-14)10-24-15-4-2-13(19)3-5-15/h2-8,11H,9-10H2,1H3,(H,20,22,23). The van der Waals surface area contributed by atoms with Gasteiger partial charge in [0.2, 0.25) is 5.91 Å². The number of hydrogen-bond donors (Lipinski definition) is 1. The number of hydrogen-bond acceptors (Lipinski definition) is 5. The predicted molar refractivity (Wildman–Crippen MR) is 94.2 cm³/mol. The Bertz CT molecular complexity index is 865. The summed E-state index contributed by atoms with van der Waals surface area (Å²) in [6, 6.07) is 9.47. The Morgan fingerprint density at radius 2 is 2.08 bits per heavy atom. The summed E-state index contributed by atoms with van der Waals surface area (Å²) in [6.45, 7) is 2.21. The van der Waals surface area contributed by atoms with Gasteiger partial charge in [-0.1, -0.05) is 0 Å². The minimum Gasteiger partial charge on any atom is -0.486 e. The smallest absolute Gasteiger partial charge is 0.231 e. The van der Waals surface area contributed by atoms with Crippen LogP contribution in [0.5, 0.6) is 5.75 Å². The summed E-state index contributed by atoms with van der Waals surface area (Å²) in [5.41, 5.74) is 1.70. The second-order valence-electron chi connectivity index (χ2n) is 5.42. The van der Waals surface area contributed by atoms with Gasteiger partial charge in [0.15, 0.2) is 0 Å². The second kappa shape index (κ2) is 7.85. The third-order valence-corrected chi connectivity index (χ3v) is 4.17. The predicted octanol–water partition coefficient (Wildman–Crippen LogP) is 3.75. The molecule has 3 aromatic rings. The molecule has 1 N–H and O–H groups in total. The maximum atomic E-state index is 12.8. The van der Waals surface area contributed by atoms with Crippen molar-refractivity contribution in [2.45, 2.75) is 20.0 Å². The molecule has 3 rings (SSSR count). The SMILES string of the molecule is Cc1ccnc(NC(=O)Cc2csc(COc3ccc(F)cc3)n2)c1. The van der Waals surface area contributed by atoms with Crippen molar-refractivity contribution in [3.63, 3.8) is 0 Å². The van der Waals surface area contributed by atoms with Crippen LogP contribution in [0.1, 0.15) is 16.3 Å². The normalized spacial score (nSPS) is 10.5. The lowest BCUT2D eigenvalue weighted by atomic mass is 10.3. The number of pyridine rings is 1. The summed E-state index contributed by atoms with van der Waals surface area (Å²) >= 11 is 1.42. The first-order chi connectivity index (χ1) is 12.1. The molecule has 0 aliphatic heterocycles. The monoisotopic (exact) mass is 357 g/mol. The second-order valence-corrected chi connectivity index (χ2v) is 6.36. The quantitative estimate of drug-likeness (QED) is 0.730. The van der Waals surface area contributed by atoms with Crippen LogP contribution in [0.25, 0.3) is 0 Å². The molecule has 0 fully saturated rings. The van der Waals surface area contributed by atoms with E-state index in [1.807, 2.05) is 18.4 Å². The van der Waals surface area contributed by atoms with Crippen LogP contribution in [0.4, 0.5) is 10.2 Å². The average molecular weight is 357 g/mol. The molecular formula is C18H16FN3O2S. The number of carbonyl (C=O) groups is 1. The molecular weight excluding hydrogens is 341 g/mol. The zero-order chi connectivity index (χ0) is 17.6. The van der Waals surface area contributed by atoms with Crippen LogP contribution >= 0.6 is 11.3 Å². The van der Waals surface area contributed by atoms with Crippen molar-refractivity contribution in [3.05, 3.63) is 70.1 Å². The molecule has 2 heterocycles. The van der Waals surface area contributed by atoms with Gasteiger partial charge in [-0.15, -0.1) is 11.3 Å². The fourth-order valence-corrected chi connectivity index (χ4v) is 2.83. The Morgan fingerprint density at radius 1 is 1.28 bits per heavy atom. The lowest BCUT2D eigenvalue weighted by Crippen LogP contribution is -2.15. The molecule has 0 unspecified atom stereocenters. The highest BCUT2D eigenvalue weighted by Crippen LogP contribution is 2.16. The third kappa shape index (κ3) is 5.09. The topological polar surface area (TPSA) is 64.1 Å². The Kier molecular flexibility index (Phi) is 5.35. The molecule has 0 aliphatic carbocycles. The molecule has 0 radical (unpaired) electrons. The maximum Gasteiger partial charge on any atom is 0.231 e. The van der Waals surface area contributed by atoms with E-state index in [9.17, 15) is 9.18 Å². The lowest BCUT2D eigenvalue weighted by Gasteiger charge is -2.04. The van der Waals surface area contributed by atoms with E-state index in [1.54, 1.807) is 24.4 Å². The van der Waals surface area contributed by atoms with E-state index in [-0.39, 0.29) is 24.8 Å². The molecule has 5 nitrogen and oxygen atoms in total. The van der Waals surface area contributed by atoms with Gasteiger partial charge in [-0.2, -0.15) is 0 Å². The highest BCUT2D eigenvalue weighted by molar-refractivity contribution is 7.09. The van der Waals surface area contributed by atoms with E-state index < -0.39 is 0 Å². The minimum absolute atomic E-state index is 0.169. The Labute approximate surface area is 148 Å². The fourth-order valence-electron chi connectivity index (χ4n) is 2.13. The van der Waals surface area contributed by atoms with Gasteiger partial charge in [0.05, 0.1) is 12.1 Å². The van der Waals surface area contributed by atoms with Crippen molar-refractivity contribution in [1.82, 2.24) is 9.97 Å². The fraction of sp³-hybridized carbons (Fsp3) is 0.167. The summed E-state index contributed by atoms with van der Waals surface area (Å²) in [5.74, 6) is 0.619. The van der Waals surface area contributed by atoms with Crippen molar-refractivity contribution < 1.29 is 13.9 Å². The average Bonchev–Trinajstić information content (AvgIpc) is 3.01. The van der Waals surface area contributed by atoms with Crippen molar-refractivity contribution >= 4 is 23.1 Å². The molecule has 25 heavy (non-hydrogen) atoms. The first-order valence-corrected chi connectivity index (χ1v) is 8.50. The van der Waals surface area contributed by atoms with Gasteiger partial charge >= 0.3 is 0 Å². The molecule has 0 saturated heterocycles. The van der Waals surface area contributed by atoms with Gasteiger partial charge in [0.25, 0.3) is 0 Å². The molecule has 1 aromatic carbocycles. The van der Waals surface area contributed by atoms with Crippen molar-refractivity contribution in [1.29, 1.82) is 0 Å². The number of rotatable bonds is 6. The Balaban J connectivity index is 1.52. The molecule has 0 atom stereocenters. The summed E-state index contributed by atoms with van der Waals surface area (Å²) in [7, 11) is 0. The summed E-state index contributed by atoms with van der Waals surface area (Å²) in [6.07, 6.45) is 1.82. The van der Waals surface area contributed by atoms with Crippen LogP contribution in [-0.2, 0) is 17.8 Å². The number of aryl methyl sites for hydroxylation is 1. The first kappa shape index (κ1) is 17.0. The van der Waals surface area contributed by atoms with Gasteiger partial charge < -0.3 is 10.1 Å². The number of aromatic nitrogens is 2. The number of anilines is 1. The van der Waals surface area contributed by atoms with Crippen LogP contribution in [-0.4, -0.2) is 15.9 Å². The number of thiazole rings is 1. The number of nitrogens with one attached hydrogen (secondary N) is 1. The van der Waals surface area contributed by atoms with Crippen LogP contribution in [0.2, 0.25) is 0 Å². The Hall–Kier alpha value is -2.80. The summed E-state index contributed by atoms with van der Waals surface area (Å²) in [4.78, 5) is 20.5. The molecule has 128 valence electrons. The summed E-state index contributed by atoms with van der Waals surface area (Å²) in [5, 5.41) is 5.33. The molecule has 0 spiro atoms. The van der Waals surface area contributed by atoms with Crippen LogP contribution in [0.3, 0.4) is 0 Å². The number of amides is 1. The van der Waals surface area contributed by atoms with Crippen molar-refractivity contribution in [2.75, 3.05) is 5.32 Å². The number of ether oxygens (including phenoxy) is 1. The van der Waals surface area contributed by atoms with E-state index in [1.165, 1.54) is 23.5 Å². The Morgan fingerprint density at radius 3 is 2.84 bits per heavy atom. The molecule has 0 bridgehead atoms. The number of carbonyl (C=O) groups excluding carboxylic acids is 1.